The molecule has 0 fully saturated rings. The molecule has 0 aliphatic rings. The molecule has 188 valence electrons. The van der Waals surface area contributed by atoms with Crippen molar-refractivity contribution >= 4 is 33.2 Å². The standard InChI is InChI=1S/C24H15BrF4N6O2/c25-15-3-7-18(8-4-15)37-13-34-12-17(11-30-34)31-23(36)20-10-22-32-19(14-1-5-16(26)6-2-14)9-21(24(27,28)29)35(22)33-20/h1-12H,13H2,(H,31,36). The lowest BCUT2D eigenvalue weighted by Gasteiger charge is -2.11. The van der Waals surface area contributed by atoms with Gasteiger partial charge in [0, 0.05) is 16.1 Å². The summed E-state index contributed by atoms with van der Waals surface area (Å²) in [5, 5.41) is 10.5. The molecule has 0 bridgehead atoms. The molecule has 0 atom stereocenters. The van der Waals surface area contributed by atoms with E-state index < -0.39 is 23.6 Å². The minimum absolute atomic E-state index is 0.0428. The van der Waals surface area contributed by atoms with E-state index in [9.17, 15) is 22.4 Å². The molecule has 5 rings (SSSR count). The summed E-state index contributed by atoms with van der Waals surface area (Å²) >= 11 is 3.34. The Morgan fingerprint density at radius 1 is 1.05 bits per heavy atom. The summed E-state index contributed by atoms with van der Waals surface area (Å²) in [6, 6.07) is 14.0. The minimum Gasteiger partial charge on any atom is -0.471 e. The van der Waals surface area contributed by atoms with E-state index in [1.165, 1.54) is 29.2 Å². The average Bonchev–Trinajstić information content (AvgIpc) is 3.50. The number of benzene rings is 2. The zero-order valence-electron chi connectivity index (χ0n) is 18.6. The van der Waals surface area contributed by atoms with Crippen LogP contribution in [-0.4, -0.2) is 30.3 Å². The van der Waals surface area contributed by atoms with Crippen LogP contribution in [0.4, 0.5) is 23.2 Å². The number of hydrogen-bond donors (Lipinski definition) is 1. The van der Waals surface area contributed by atoms with E-state index in [2.05, 4.69) is 36.4 Å². The first-order chi connectivity index (χ1) is 17.7. The van der Waals surface area contributed by atoms with Gasteiger partial charge in [-0.05, 0) is 54.6 Å². The molecule has 3 aromatic heterocycles. The first-order valence-electron chi connectivity index (χ1n) is 10.6. The molecular formula is C24H15BrF4N6O2. The Kier molecular flexibility index (Phi) is 6.38. The molecular weight excluding hydrogens is 560 g/mol. The van der Waals surface area contributed by atoms with Crippen molar-refractivity contribution < 1.29 is 27.1 Å². The molecule has 0 spiro atoms. The van der Waals surface area contributed by atoms with Gasteiger partial charge in [0.05, 0.1) is 23.8 Å². The topological polar surface area (TPSA) is 86.3 Å². The van der Waals surface area contributed by atoms with Gasteiger partial charge in [-0.15, -0.1) is 0 Å². The third-order valence-corrected chi connectivity index (χ3v) is 5.69. The molecule has 1 amide bonds. The van der Waals surface area contributed by atoms with Crippen LogP contribution in [0.25, 0.3) is 16.9 Å². The van der Waals surface area contributed by atoms with Crippen molar-refractivity contribution in [3.63, 3.8) is 0 Å². The van der Waals surface area contributed by atoms with Gasteiger partial charge in [-0.25, -0.2) is 18.6 Å². The smallest absolute Gasteiger partial charge is 0.433 e. The zero-order valence-corrected chi connectivity index (χ0v) is 20.2. The summed E-state index contributed by atoms with van der Waals surface area (Å²) in [6.45, 7) is 0.0664. The van der Waals surface area contributed by atoms with Crippen molar-refractivity contribution in [2.45, 2.75) is 12.9 Å². The molecule has 0 aliphatic carbocycles. The Labute approximate surface area is 214 Å². The molecule has 13 heteroatoms. The zero-order chi connectivity index (χ0) is 26.2. The molecule has 0 saturated carbocycles. The molecule has 1 N–H and O–H groups in total. The number of nitrogens with zero attached hydrogens (tertiary/aromatic N) is 5. The van der Waals surface area contributed by atoms with Crippen molar-refractivity contribution in [3.8, 4) is 17.0 Å². The van der Waals surface area contributed by atoms with Gasteiger partial charge in [-0.3, -0.25) is 4.79 Å². The van der Waals surface area contributed by atoms with Gasteiger partial charge in [-0.1, -0.05) is 15.9 Å². The third-order valence-electron chi connectivity index (χ3n) is 5.16. The average molecular weight is 575 g/mol. The Morgan fingerprint density at radius 2 is 1.78 bits per heavy atom. The summed E-state index contributed by atoms with van der Waals surface area (Å²) in [5.74, 6) is -0.676. The summed E-state index contributed by atoms with van der Waals surface area (Å²) < 4.78 is 63.1. The summed E-state index contributed by atoms with van der Waals surface area (Å²) in [7, 11) is 0. The second kappa shape index (κ2) is 9.65. The highest BCUT2D eigenvalue weighted by Gasteiger charge is 2.35. The lowest BCUT2D eigenvalue weighted by Crippen LogP contribution is -2.15. The molecule has 0 aliphatic heterocycles. The summed E-state index contributed by atoms with van der Waals surface area (Å²) in [5.41, 5.74) is -1.09. The van der Waals surface area contributed by atoms with Gasteiger partial charge in [0.15, 0.2) is 23.8 Å². The lowest BCUT2D eigenvalue weighted by molar-refractivity contribution is -0.142. The SMILES string of the molecule is O=C(Nc1cnn(COc2ccc(Br)cc2)c1)c1cc2nc(-c3ccc(F)cc3)cc(C(F)(F)F)n2n1. The van der Waals surface area contributed by atoms with Crippen molar-refractivity contribution in [1.29, 1.82) is 0 Å². The molecule has 37 heavy (non-hydrogen) atoms. The number of carbonyl (C=O) groups is 1. The second-order valence-corrected chi connectivity index (χ2v) is 8.70. The molecule has 0 radical (unpaired) electrons. The first kappa shape index (κ1) is 24.4. The highest BCUT2D eigenvalue weighted by molar-refractivity contribution is 9.10. The molecule has 3 heterocycles. The number of hydrogen-bond acceptors (Lipinski definition) is 5. The first-order valence-corrected chi connectivity index (χ1v) is 11.4. The Morgan fingerprint density at radius 3 is 2.49 bits per heavy atom. The van der Waals surface area contributed by atoms with Gasteiger partial charge in [-0.2, -0.15) is 23.4 Å². The number of amides is 1. The molecule has 5 aromatic rings. The molecule has 2 aromatic carbocycles. The van der Waals surface area contributed by atoms with Crippen molar-refractivity contribution in [1.82, 2.24) is 24.4 Å². The highest BCUT2D eigenvalue weighted by Crippen LogP contribution is 2.32. The summed E-state index contributed by atoms with van der Waals surface area (Å²) in [4.78, 5) is 16.9. The van der Waals surface area contributed by atoms with Crippen LogP contribution < -0.4 is 10.1 Å². The van der Waals surface area contributed by atoms with Gasteiger partial charge in [0.2, 0.25) is 0 Å². The van der Waals surface area contributed by atoms with E-state index in [1.807, 2.05) is 12.1 Å². The molecule has 8 nitrogen and oxygen atoms in total. The Bertz CT molecular complexity index is 1580. The van der Waals surface area contributed by atoms with E-state index >= 15 is 0 Å². The van der Waals surface area contributed by atoms with E-state index in [-0.39, 0.29) is 35.0 Å². The number of rotatable bonds is 6. The maximum Gasteiger partial charge on any atom is 0.433 e. The maximum atomic E-state index is 13.8. The molecule has 0 unspecified atom stereocenters. The Hall–Kier alpha value is -4.26. The van der Waals surface area contributed by atoms with Gasteiger partial charge >= 0.3 is 6.18 Å². The van der Waals surface area contributed by atoms with Crippen molar-refractivity contribution in [3.05, 3.63) is 94.7 Å². The number of ether oxygens (including phenoxy) is 1. The minimum atomic E-state index is -4.79. The third kappa shape index (κ3) is 5.45. The number of carbonyl (C=O) groups excluding carboxylic acids is 1. The maximum absolute atomic E-state index is 13.8. The lowest BCUT2D eigenvalue weighted by atomic mass is 10.1. The number of fused-ring (bicyclic) bond motifs is 1. The number of anilines is 1. The number of aromatic nitrogens is 5. The van der Waals surface area contributed by atoms with Crippen LogP contribution >= 0.6 is 15.9 Å². The monoisotopic (exact) mass is 574 g/mol. The fourth-order valence-corrected chi connectivity index (χ4v) is 3.69. The van der Waals surface area contributed by atoms with Crippen molar-refractivity contribution in [2.75, 3.05) is 5.32 Å². The van der Waals surface area contributed by atoms with E-state index in [0.29, 0.717) is 10.3 Å². The number of nitrogens with one attached hydrogen (secondary N) is 1. The van der Waals surface area contributed by atoms with E-state index in [0.717, 1.165) is 28.7 Å². The highest BCUT2D eigenvalue weighted by atomic mass is 79.9. The largest absolute Gasteiger partial charge is 0.471 e. The normalized spacial score (nSPS) is 11.6. The van der Waals surface area contributed by atoms with Crippen LogP contribution in [0.3, 0.4) is 0 Å². The molecule has 0 saturated heterocycles. The number of halogens is 5. The van der Waals surface area contributed by atoms with Crippen LogP contribution in [0.1, 0.15) is 16.2 Å². The predicted molar refractivity (Wildman–Crippen MR) is 128 cm³/mol. The number of alkyl halides is 3. The van der Waals surface area contributed by atoms with Crippen molar-refractivity contribution in [2.24, 2.45) is 0 Å². The Balaban J connectivity index is 1.36. The van der Waals surface area contributed by atoms with Crippen LogP contribution in [-0.2, 0) is 12.9 Å². The van der Waals surface area contributed by atoms with E-state index in [4.69, 9.17) is 4.74 Å². The fraction of sp³-hybridized carbons (Fsp3) is 0.0833. The van der Waals surface area contributed by atoms with Gasteiger partial charge in [0.25, 0.3) is 5.91 Å². The van der Waals surface area contributed by atoms with Crippen LogP contribution in [0, 0.1) is 5.82 Å². The quantitative estimate of drug-likeness (QED) is 0.259. The van der Waals surface area contributed by atoms with Crippen LogP contribution in [0.2, 0.25) is 0 Å². The predicted octanol–water partition coefficient (Wildman–Crippen LogP) is 5.80. The van der Waals surface area contributed by atoms with Crippen LogP contribution in [0.5, 0.6) is 5.75 Å². The van der Waals surface area contributed by atoms with Gasteiger partial charge in [0.1, 0.15) is 11.6 Å². The second-order valence-electron chi connectivity index (χ2n) is 7.78. The fourth-order valence-electron chi connectivity index (χ4n) is 3.42. The van der Waals surface area contributed by atoms with Gasteiger partial charge < -0.3 is 10.1 Å². The van der Waals surface area contributed by atoms with Crippen LogP contribution in [0.15, 0.2) is 77.5 Å². The summed E-state index contributed by atoms with van der Waals surface area (Å²) in [6.07, 6.45) is -1.92. The van der Waals surface area contributed by atoms with E-state index in [1.54, 1.807) is 12.1 Å².